The van der Waals surface area contributed by atoms with Gasteiger partial charge in [-0.3, -0.25) is 4.90 Å². The van der Waals surface area contributed by atoms with Crippen LogP contribution in [0.4, 0.5) is 4.39 Å². The summed E-state index contributed by atoms with van der Waals surface area (Å²) in [7, 11) is 2.05. The molecule has 0 saturated carbocycles. The van der Waals surface area contributed by atoms with Crippen molar-refractivity contribution in [1.82, 2.24) is 4.90 Å². The van der Waals surface area contributed by atoms with Gasteiger partial charge in [0.1, 0.15) is 5.82 Å². The Morgan fingerprint density at radius 2 is 2.00 bits per heavy atom. The zero-order chi connectivity index (χ0) is 10.8. The van der Waals surface area contributed by atoms with E-state index < -0.39 is 0 Å². The maximum absolute atomic E-state index is 12.8. The normalized spacial score (nSPS) is 25.4. The van der Waals surface area contributed by atoms with Crippen LogP contribution in [0, 0.1) is 11.7 Å². The van der Waals surface area contributed by atoms with E-state index in [1.807, 2.05) is 19.2 Å². The van der Waals surface area contributed by atoms with E-state index in [2.05, 4.69) is 4.90 Å². The van der Waals surface area contributed by atoms with Gasteiger partial charge in [-0.1, -0.05) is 12.1 Å². The van der Waals surface area contributed by atoms with Crippen LogP contribution >= 0.6 is 12.4 Å². The van der Waals surface area contributed by atoms with E-state index in [4.69, 9.17) is 0 Å². The maximum atomic E-state index is 12.8. The predicted octanol–water partition coefficient (Wildman–Crippen LogP) is 2.23. The zero-order valence-electron chi connectivity index (χ0n) is 9.27. The first-order chi connectivity index (χ1) is 7.22. The summed E-state index contributed by atoms with van der Waals surface area (Å²) in [6.45, 7) is 1.19. The highest BCUT2D eigenvalue weighted by Gasteiger charge is 2.32. The van der Waals surface area contributed by atoms with Gasteiger partial charge < -0.3 is 5.11 Å². The van der Waals surface area contributed by atoms with Gasteiger partial charge in [0.2, 0.25) is 0 Å². The third-order valence-corrected chi connectivity index (χ3v) is 3.22. The Bertz CT molecular complexity index is 330. The third kappa shape index (κ3) is 2.54. The standard InChI is InChI=1S/C12H16FNO.ClH/c1-14-7-6-10(8-15)12(14)9-2-4-11(13)5-3-9;/h2-5,10,12,15H,6-8H2,1H3;1H. The molecule has 90 valence electrons. The Kier molecular flexibility index (Phi) is 4.71. The summed E-state index contributed by atoms with van der Waals surface area (Å²) in [6.07, 6.45) is 1.01. The first-order valence-corrected chi connectivity index (χ1v) is 5.29. The van der Waals surface area contributed by atoms with Crippen molar-refractivity contribution in [2.24, 2.45) is 5.92 Å². The molecule has 1 N–H and O–H groups in total. The van der Waals surface area contributed by atoms with Gasteiger partial charge >= 0.3 is 0 Å². The van der Waals surface area contributed by atoms with E-state index in [-0.39, 0.29) is 36.8 Å². The van der Waals surface area contributed by atoms with Gasteiger partial charge in [-0.15, -0.1) is 12.4 Å². The molecule has 16 heavy (non-hydrogen) atoms. The molecule has 1 aromatic carbocycles. The van der Waals surface area contributed by atoms with Gasteiger partial charge in [-0.2, -0.15) is 0 Å². The van der Waals surface area contributed by atoms with Crippen LogP contribution in [-0.2, 0) is 0 Å². The fraction of sp³-hybridized carbons (Fsp3) is 0.500. The minimum atomic E-state index is -0.208. The highest BCUT2D eigenvalue weighted by atomic mass is 35.5. The van der Waals surface area contributed by atoms with E-state index in [1.165, 1.54) is 12.1 Å². The van der Waals surface area contributed by atoms with Crippen molar-refractivity contribution in [2.45, 2.75) is 12.5 Å². The van der Waals surface area contributed by atoms with Gasteiger partial charge in [0, 0.05) is 18.6 Å². The Labute approximate surface area is 101 Å². The topological polar surface area (TPSA) is 23.5 Å². The molecule has 2 rings (SSSR count). The van der Waals surface area contributed by atoms with Crippen molar-refractivity contribution in [3.8, 4) is 0 Å². The Hall–Kier alpha value is -0.640. The number of hydrogen-bond acceptors (Lipinski definition) is 2. The lowest BCUT2D eigenvalue weighted by molar-refractivity contribution is 0.182. The Morgan fingerprint density at radius 1 is 1.38 bits per heavy atom. The molecule has 1 heterocycles. The van der Waals surface area contributed by atoms with E-state index in [1.54, 1.807) is 0 Å². The highest BCUT2D eigenvalue weighted by Crippen LogP contribution is 2.35. The quantitative estimate of drug-likeness (QED) is 0.864. The lowest BCUT2D eigenvalue weighted by Gasteiger charge is -2.24. The minimum Gasteiger partial charge on any atom is -0.396 e. The van der Waals surface area contributed by atoms with Crippen LogP contribution < -0.4 is 0 Å². The van der Waals surface area contributed by atoms with Crippen molar-refractivity contribution in [2.75, 3.05) is 20.2 Å². The molecule has 1 saturated heterocycles. The van der Waals surface area contributed by atoms with Crippen LogP contribution in [0.2, 0.25) is 0 Å². The van der Waals surface area contributed by atoms with Crippen molar-refractivity contribution in [3.05, 3.63) is 35.6 Å². The molecule has 1 aliphatic rings. The Morgan fingerprint density at radius 3 is 2.56 bits per heavy atom. The number of benzene rings is 1. The summed E-state index contributed by atoms with van der Waals surface area (Å²) in [5, 5.41) is 9.27. The second-order valence-corrected chi connectivity index (χ2v) is 4.21. The van der Waals surface area contributed by atoms with Gasteiger partial charge in [0.25, 0.3) is 0 Å². The lowest BCUT2D eigenvalue weighted by Crippen LogP contribution is -2.22. The average molecular weight is 246 g/mol. The molecule has 2 unspecified atom stereocenters. The smallest absolute Gasteiger partial charge is 0.123 e. The van der Waals surface area contributed by atoms with Crippen LogP contribution in [0.5, 0.6) is 0 Å². The van der Waals surface area contributed by atoms with E-state index >= 15 is 0 Å². The average Bonchev–Trinajstić information content (AvgIpc) is 2.61. The first-order valence-electron chi connectivity index (χ1n) is 5.29. The number of rotatable bonds is 2. The van der Waals surface area contributed by atoms with E-state index in [9.17, 15) is 9.50 Å². The van der Waals surface area contributed by atoms with Crippen LogP contribution in [0.3, 0.4) is 0 Å². The minimum absolute atomic E-state index is 0. The summed E-state index contributed by atoms with van der Waals surface area (Å²) < 4.78 is 12.8. The molecule has 0 radical (unpaired) electrons. The fourth-order valence-electron chi connectivity index (χ4n) is 2.40. The summed E-state index contributed by atoms with van der Waals surface area (Å²) in [5.41, 5.74) is 1.09. The molecular formula is C12H17ClFNO. The Balaban J connectivity index is 0.00000128. The van der Waals surface area contributed by atoms with Crippen LogP contribution in [-0.4, -0.2) is 30.2 Å². The first kappa shape index (κ1) is 13.4. The molecule has 1 aromatic rings. The molecule has 1 aliphatic heterocycles. The highest BCUT2D eigenvalue weighted by molar-refractivity contribution is 5.85. The fourth-order valence-corrected chi connectivity index (χ4v) is 2.40. The zero-order valence-corrected chi connectivity index (χ0v) is 10.1. The molecule has 0 amide bonds. The number of nitrogens with zero attached hydrogens (tertiary/aromatic N) is 1. The maximum Gasteiger partial charge on any atom is 0.123 e. The van der Waals surface area contributed by atoms with Gasteiger partial charge in [0.15, 0.2) is 0 Å². The number of aliphatic hydroxyl groups excluding tert-OH is 1. The summed E-state index contributed by atoms with van der Waals surface area (Å²) in [4.78, 5) is 2.22. The monoisotopic (exact) mass is 245 g/mol. The molecular weight excluding hydrogens is 229 g/mol. The number of halogens is 2. The van der Waals surface area contributed by atoms with Gasteiger partial charge in [-0.05, 0) is 37.7 Å². The molecule has 0 aliphatic carbocycles. The molecule has 1 fully saturated rings. The van der Waals surface area contributed by atoms with Crippen molar-refractivity contribution < 1.29 is 9.50 Å². The molecule has 0 spiro atoms. The van der Waals surface area contributed by atoms with E-state index in [0.717, 1.165) is 18.5 Å². The largest absolute Gasteiger partial charge is 0.396 e. The third-order valence-electron chi connectivity index (χ3n) is 3.22. The second kappa shape index (κ2) is 5.62. The summed E-state index contributed by atoms with van der Waals surface area (Å²) in [5.74, 6) is 0.0698. The summed E-state index contributed by atoms with van der Waals surface area (Å²) >= 11 is 0. The predicted molar refractivity (Wildman–Crippen MR) is 64.2 cm³/mol. The summed E-state index contributed by atoms with van der Waals surface area (Å²) in [6, 6.07) is 6.82. The lowest BCUT2D eigenvalue weighted by atomic mass is 9.94. The van der Waals surface area contributed by atoms with E-state index in [0.29, 0.717) is 0 Å². The van der Waals surface area contributed by atoms with Crippen LogP contribution in [0.1, 0.15) is 18.0 Å². The van der Waals surface area contributed by atoms with Crippen molar-refractivity contribution >= 4 is 12.4 Å². The molecule has 0 bridgehead atoms. The number of likely N-dealkylation sites (tertiary alicyclic amines) is 1. The second-order valence-electron chi connectivity index (χ2n) is 4.21. The SMILES string of the molecule is CN1CCC(CO)C1c1ccc(F)cc1.Cl. The molecule has 2 nitrogen and oxygen atoms in total. The van der Waals surface area contributed by atoms with Crippen molar-refractivity contribution in [1.29, 1.82) is 0 Å². The van der Waals surface area contributed by atoms with Crippen molar-refractivity contribution in [3.63, 3.8) is 0 Å². The number of aliphatic hydroxyl groups is 1. The molecule has 2 atom stereocenters. The molecule has 4 heteroatoms. The van der Waals surface area contributed by atoms with Gasteiger partial charge in [-0.25, -0.2) is 4.39 Å². The van der Waals surface area contributed by atoms with Crippen LogP contribution in [0.25, 0.3) is 0 Å². The number of hydrogen-bond donors (Lipinski definition) is 1. The van der Waals surface area contributed by atoms with Gasteiger partial charge in [0.05, 0.1) is 0 Å². The molecule has 0 aromatic heterocycles. The van der Waals surface area contributed by atoms with Crippen LogP contribution in [0.15, 0.2) is 24.3 Å².